The van der Waals surface area contributed by atoms with Gasteiger partial charge in [0.25, 0.3) is 5.91 Å². The molecule has 41 heavy (non-hydrogen) atoms. The van der Waals surface area contributed by atoms with Gasteiger partial charge >= 0.3 is 0 Å². The van der Waals surface area contributed by atoms with Gasteiger partial charge in [0.05, 0.1) is 46.8 Å². The smallest absolute Gasteiger partial charge is 0.257 e. The van der Waals surface area contributed by atoms with E-state index in [0.717, 1.165) is 0 Å². The van der Waals surface area contributed by atoms with E-state index in [1.807, 2.05) is 0 Å². The van der Waals surface area contributed by atoms with E-state index in [0.29, 0.717) is 46.0 Å². The standard InChI is InChI=1S/C29H27B4ClN2O5/c1-25(2,38)18-6-11-23-22(14-18)24(37)36(16-20-9-10-21(40-3)15-35-20)27(23,17-4-7-19(34)8-5-17)41-29(32,33)26(12-13-26)28(30,31)39/h4-11,14-15,38-39H,12-13,16H2,1-3H3/t27-/m1/s1. The van der Waals surface area contributed by atoms with Crippen LogP contribution in [0, 0.1) is 5.41 Å². The third-order valence-corrected chi connectivity index (χ3v) is 8.37. The minimum atomic E-state index is -2.27. The van der Waals surface area contributed by atoms with Gasteiger partial charge in [0.1, 0.15) is 21.4 Å². The molecule has 1 aromatic heterocycles. The second-order valence-corrected chi connectivity index (χ2v) is 11.8. The lowest BCUT2D eigenvalue weighted by molar-refractivity contribution is -0.168. The number of fused-ring (bicyclic) bond motifs is 1. The molecule has 2 aliphatic rings. The highest BCUT2D eigenvalue weighted by molar-refractivity contribution is 6.45. The Hall–Kier alpha value is -2.71. The topological polar surface area (TPSA) is 92.1 Å². The molecule has 1 amide bonds. The van der Waals surface area contributed by atoms with Crippen LogP contribution in [0.4, 0.5) is 0 Å². The first-order chi connectivity index (χ1) is 19.1. The molecule has 7 nitrogen and oxygen atoms in total. The van der Waals surface area contributed by atoms with Crippen LogP contribution >= 0.6 is 11.6 Å². The van der Waals surface area contributed by atoms with Gasteiger partial charge in [0.15, 0.2) is 5.72 Å². The number of ether oxygens (including phenoxy) is 2. The van der Waals surface area contributed by atoms with Crippen molar-refractivity contribution in [2.24, 2.45) is 5.41 Å². The number of carbonyl (C=O) groups is 1. The molecule has 1 aliphatic carbocycles. The number of methoxy groups -OCH3 is 1. The number of aromatic nitrogens is 1. The Bertz CT molecular complexity index is 1470. The van der Waals surface area contributed by atoms with Crippen LogP contribution in [0.3, 0.4) is 0 Å². The summed E-state index contributed by atoms with van der Waals surface area (Å²) in [5.41, 5.74) is -2.18. The highest BCUT2D eigenvalue weighted by atomic mass is 35.5. The summed E-state index contributed by atoms with van der Waals surface area (Å²) < 4.78 is 11.9. The predicted molar refractivity (Wildman–Crippen MR) is 158 cm³/mol. The molecule has 2 heterocycles. The van der Waals surface area contributed by atoms with E-state index in [2.05, 4.69) is 4.98 Å². The average Bonchev–Trinajstić information content (AvgIpc) is 3.71. The van der Waals surface area contributed by atoms with Gasteiger partial charge in [-0.3, -0.25) is 14.7 Å². The molecule has 1 saturated carbocycles. The van der Waals surface area contributed by atoms with Crippen LogP contribution in [0.25, 0.3) is 0 Å². The second kappa shape index (κ2) is 9.94. The van der Waals surface area contributed by atoms with Crippen molar-refractivity contribution in [1.29, 1.82) is 0 Å². The molecule has 3 aromatic rings. The molecular formula is C29H27B4ClN2O5. The zero-order valence-corrected chi connectivity index (χ0v) is 23.9. The molecule has 2 N–H and O–H groups in total. The number of hydrogen-bond donors (Lipinski definition) is 2. The first-order valence-electron chi connectivity index (χ1n) is 13.1. The normalized spacial score (nSPS) is 20.1. The lowest BCUT2D eigenvalue weighted by Gasteiger charge is -2.51. The Balaban J connectivity index is 1.76. The van der Waals surface area contributed by atoms with Gasteiger partial charge in [-0.1, -0.05) is 35.9 Å². The molecule has 8 radical (unpaired) electrons. The molecule has 0 spiro atoms. The quantitative estimate of drug-likeness (QED) is 0.390. The van der Waals surface area contributed by atoms with Gasteiger partial charge in [0, 0.05) is 27.1 Å². The number of aliphatic hydroxyl groups is 2. The summed E-state index contributed by atoms with van der Waals surface area (Å²) in [6.45, 7) is 3.22. The Morgan fingerprint density at radius 2 is 1.68 bits per heavy atom. The maximum atomic E-state index is 14.3. The van der Waals surface area contributed by atoms with Crippen LogP contribution in [-0.4, -0.2) is 75.3 Å². The summed E-state index contributed by atoms with van der Waals surface area (Å²) in [6.07, 6.45) is 2.12. The largest absolute Gasteiger partial charge is 0.495 e. The van der Waals surface area contributed by atoms with E-state index in [-0.39, 0.29) is 12.1 Å². The zero-order valence-electron chi connectivity index (χ0n) is 23.1. The molecule has 1 aliphatic heterocycles. The van der Waals surface area contributed by atoms with Crippen molar-refractivity contribution in [1.82, 2.24) is 9.88 Å². The van der Waals surface area contributed by atoms with E-state index in [9.17, 15) is 15.0 Å². The molecule has 0 saturated heterocycles. The minimum absolute atomic E-state index is 0.0312. The van der Waals surface area contributed by atoms with Crippen molar-refractivity contribution >= 4 is 48.9 Å². The summed E-state index contributed by atoms with van der Waals surface area (Å²) in [5, 5.41) is 17.5. The number of nitrogens with zero attached hydrogens (tertiary/aromatic N) is 2. The van der Waals surface area contributed by atoms with Crippen LogP contribution in [0.5, 0.6) is 5.75 Å². The van der Waals surface area contributed by atoms with Crippen molar-refractivity contribution in [3.8, 4) is 5.75 Å². The van der Waals surface area contributed by atoms with E-state index < -0.39 is 33.4 Å². The molecule has 1 fully saturated rings. The van der Waals surface area contributed by atoms with Crippen LogP contribution in [-0.2, 0) is 22.6 Å². The fourth-order valence-corrected chi connectivity index (χ4v) is 5.65. The Morgan fingerprint density at radius 1 is 1.02 bits per heavy atom. The summed E-state index contributed by atoms with van der Waals surface area (Å²) in [7, 11) is 26.8. The molecular weight excluding hydrogens is 535 g/mol. The molecule has 5 rings (SSSR count). The predicted octanol–water partition coefficient (Wildman–Crippen LogP) is 2.60. The Labute approximate surface area is 250 Å². The zero-order chi connectivity index (χ0) is 30.0. The third kappa shape index (κ3) is 4.91. The van der Waals surface area contributed by atoms with E-state index in [4.69, 9.17) is 52.5 Å². The second-order valence-electron chi connectivity index (χ2n) is 11.4. The van der Waals surface area contributed by atoms with Crippen LogP contribution in [0.2, 0.25) is 5.02 Å². The number of benzene rings is 2. The lowest BCUT2D eigenvalue weighted by Crippen LogP contribution is -2.62. The molecule has 1 atom stereocenters. The summed E-state index contributed by atoms with van der Waals surface area (Å²) in [5.74, 6) is 0.124. The van der Waals surface area contributed by atoms with Crippen molar-refractivity contribution in [2.45, 2.75) is 55.4 Å². The fraction of sp³-hybridized carbons (Fsp3) is 0.379. The molecule has 202 valence electrons. The van der Waals surface area contributed by atoms with Crippen molar-refractivity contribution < 1.29 is 24.5 Å². The number of carbonyl (C=O) groups excluding carboxylic acids is 1. The fourth-order valence-electron chi connectivity index (χ4n) is 5.53. The number of rotatable bonds is 9. The Morgan fingerprint density at radius 3 is 2.20 bits per heavy atom. The van der Waals surface area contributed by atoms with Gasteiger partial charge in [-0.05, 0) is 73.4 Å². The van der Waals surface area contributed by atoms with Crippen LogP contribution < -0.4 is 4.74 Å². The summed E-state index contributed by atoms with van der Waals surface area (Å²) >= 11 is 6.25. The maximum Gasteiger partial charge on any atom is 0.257 e. The minimum Gasteiger partial charge on any atom is -0.495 e. The molecule has 0 unspecified atom stereocenters. The summed E-state index contributed by atoms with van der Waals surface area (Å²) in [4.78, 5) is 20.2. The van der Waals surface area contributed by atoms with Crippen LogP contribution in [0.15, 0.2) is 60.8 Å². The maximum absolute atomic E-state index is 14.3. The van der Waals surface area contributed by atoms with Gasteiger partial charge in [-0.2, -0.15) is 0 Å². The van der Waals surface area contributed by atoms with Gasteiger partial charge < -0.3 is 19.7 Å². The number of pyridine rings is 1. The van der Waals surface area contributed by atoms with Gasteiger partial charge in [0.2, 0.25) is 0 Å². The van der Waals surface area contributed by atoms with Crippen molar-refractivity contribution in [3.05, 3.63) is 93.8 Å². The molecule has 0 bridgehead atoms. The first-order valence-corrected chi connectivity index (χ1v) is 13.5. The highest BCUT2D eigenvalue weighted by Crippen LogP contribution is 2.61. The third-order valence-electron chi connectivity index (χ3n) is 8.12. The van der Waals surface area contributed by atoms with Crippen molar-refractivity contribution in [3.63, 3.8) is 0 Å². The Kier molecular flexibility index (Phi) is 7.22. The molecule has 2 aromatic carbocycles. The number of hydrogen-bond acceptors (Lipinski definition) is 6. The van der Waals surface area contributed by atoms with E-state index >= 15 is 0 Å². The average molecular weight is 562 g/mol. The van der Waals surface area contributed by atoms with Crippen LogP contribution in [0.1, 0.15) is 59.4 Å². The highest BCUT2D eigenvalue weighted by Gasteiger charge is 2.65. The monoisotopic (exact) mass is 562 g/mol. The van der Waals surface area contributed by atoms with Crippen molar-refractivity contribution in [2.75, 3.05) is 7.11 Å². The van der Waals surface area contributed by atoms with Gasteiger partial charge in [-0.15, -0.1) is 0 Å². The number of amides is 1. The first kappa shape index (κ1) is 29.8. The number of halogens is 1. The van der Waals surface area contributed by atoms with E-state index in [1.54, 1.807) is 74.6 Å². The molecule has 12 heteroatoms. The van der Waals surface area contributed by atoms with Gasteiger partial charge in [-0.25, -0.2) is 0 Å². The lowest BCUT2D eigenvalue weighted by atomic mass is 9.43. The van der Waals surface area contributed by atoms with E-state index in [1.165, 1.54) is 12.0 Å². The summed E-state index contributed by atoms with van der Waals surface area (Å²) in [6, 6.07) is 15.2. The SMILES string of the molecule is [B]C([B])(O)C1(C([B])([B])O[C@]2(c3ccc(Cl)cc3)c3ccc(C(C)(C)O)cc3C(=O)N2Cc2ccc(OC)cn2)CC1.